The van der Waals surface area contributed by atoms with Gasteiger partial charge < -0.3 is 25.6 Å². The van der Waals surface area contributed by atoms with Gasteiger partial charge in [0.1, 0.15) is 17.5 Å². The van der Waals surface area contributed by atoms with E-state index in [1.807, 2.05) is 0 Å². The Hall–Kier alpha value is -2.77. The fraction of sp³-hybridized carbons (Fsp3) is 0.357. The summed E-state index contributed by atoms with van der Waals surface area (Å²) in [7, 11) is 2.87. The maximum absolute atomic E-state index is 12.1. The van der Waals surface area contributed by atoms with Crippen LogP contribution in [0.4, 0.5) is 0 Å². The van der Waals surface area contributed by atoms with Crippen molar-refractivity contribution in [2.45, 2.75) is 18.9 Å². The third-order valence-electron chi connectivity index (χ3n) is 2.90. The van der Waals surface area contributed by atoms with Crippen LogP contribution >= 0.6 is 0 Å². The molecule has 0 aliphatic rings. The van der Waals surface area contributed by atoms with Crippen LogP contribution in [0.3, 0.4) is 0 Å². The number of rotatable bonds is 8. The average molecular weight is 310 g/mol. The molecule has 22 heavy (non-hydrogen) atoms. The van der Waals surface area contributed by atoms with E-state index in [0.29, 0.717) is 11.5 Å². The summed E-state index contributed by atoms with van der Waals surface area (Å²) in [5.74, 6) is -1.70. The first kappa shape index (κ1) is 17.3. The van der Waals surface area contributed by atoms with Gasteiger partial charge in [-0.05, 0) is 18.6 Å². The van der Waals surface area contributed by atoms with Crippen LogP contribution in [0.1, 0.15) is 23.2 Å². The Morgan fingerprint density at radius 2 is 1.73 bits per heavy atom. The van der Waals surface area contributed by atoms with Crippen molar-refractivity contribution in [3.05, 3.63) is 23.8 Å². The lowest BCUT2D eigenvalue weighted by Crippen LogP contribution is -2.41. The predicted octanol–water partition coefficient (Wildman–Crippen LogP) is 0.152. The minimum absolute atomic E-state index is 0.0858. The number of primary amides is 1. The van der Waals surface area contributed by atoms with Crippen LogP contribution in [0.5, 0.6) is 11.5 Å². The molecule has 0 fully saturated rings. The van der Waals surface area contributed by atoms with Crippen LogP contribution in [-0.4, -0.2) is 43.2 Å². The van der Waals surface area contributed by atoms with Gasteiger partial charge in [-0.2, -0.15) is 0 Å². The van der Waals surface area contributed by atoms with Gasteiger partial charge in [-0.1, -0.05) is 0 Å². The minimum atomic E-state index is -1.25. The number of hydrogen-bond donors (Lipinski definition) is 3. The molecule has 8 heteroatoms. The summed E-state index contributed by atoms with van der Waals surface area (Å²) in [4.78, 5) is 34.0. The second-order valence-corrected chi connectivity index (χ2v) is 4.47. The quantitative estimate of drug-likeness (QED) is 0.627. The summed E-state index contributed by atoms with van der Waals surface area (Å²) in [5, 5.41) is 11.4. The maximum atomic E-state index is 12.1. The van der Waals surface area contributed by atoms with Crippen molar-refractivity contribution in [2.24, 2.45) is 5.73 Å². The highest BCUT2D eigenvalue weighted by Gasteiger charge is 2.21. The first-order chi connectivity index (χ1) is 10.4. The number of carboxylic acid groups (broad SMARTS) is 1. The van der Waals surface area contributed by atoms with Crippen LogP contribution in [0.15, 0.2) is 18.2 Å². The van der Waals surface area contributed by atoms with Gasteiger partial charge in [0, 0.05) is 18.1 Å². The van der Waals surface area contributed by atoms with Gasteiger partial charge in [-0.3, -0.25) is 9.59 Å². The largest absolute Gasteiger partial charge is 0.497 e. The summed E-state index contributed by atoms with van der Waals surface area (Å²) in [6.07, 6.45) is -0.226. The molecule has 0 spiro atoms. The molecule has 1 atom stereocenters. The van der Waals surface area contributed by atoms with Crippen molar-refractivity contribution in [1.29, 1.82) is 0 Å². The highest BCUT2D eigenvalue weighted by Crippen LogP contribution is 2.22. The van der Waals surface area contributed by atoms with E-state index >= 15 is 0 Å². The van der Waals surface area contributed by atoms with Crippen molar-refractivity contribution < 1.29 is 29.0 Å². The third kappa shape index (κ3) is 4.97. The van der Waals surface area contributed by atoms with E-state index in [9.17, 15) is 14.4 Å². The van der Waals surface area contributed by atoms with Gasteiger partial charge in [-0.25, -0.2) is 4.79 Å². The molecule has 1 aromatic carbocycles. The van der Waals surface area contributed by atoms with Gasteiger partial charge >= 0.3 is 5.97 Å². The number of amides is 2. The van der Waals surface area contributed by atoms with Gasteiger partial charge in [0.25, 0.3) is 5.91 Å². The van der Waals surface area contributed by atoms with Crippen molar-refractivity contribution in [3.63, 3.8) is 0 Å². The molecule has 1 unspecified atom stereocenters. The molecule has 8 nitrogen and oxygen atoms in total. The molecule has 0 saturated carbocycles. The lowest BCUT2D eigenvalue weighted by Gasteiger charge is -2.14. The molecule has 0 aliphatic carbocycles. The molecule has 0 aliphatic heterocycles. The van der Waals surface area contributed by atoms with E-state index in [0.717, 1.165) is 0 Å². The fourth-order valence-corrected chi connectivity index (χ4v) is 1.72. The topological polar surface area (TPSA) is 128 Å². The number of benzene rings is 1. The van der Waals surface area contributed by atoms with Gasteiger partial charge in [0.05, 0.1) is 14.2 Å². The smallest absolute Gasteiger partial charge is 0.326 e. The number of hydrogen-bond acceptors (Lipinski definition) is 5. The Balaban J connectivity index is 2.89. The molecule has 4 N–H and O–H groups in total. The second kappa shape index (κ2) is 7.87. The number of methoxy groups -OCH3 is 2. The summed E-state index contributed by atoms with van der Waals surface area (Å²) >= 11 is 0. The number of carbonyl (C=O) groups is 3. The number of aliphatic carboxylic acids is 1. The average Bonchev–Trinajstić information content (AvgIpc) is 2.49. The van der Waals surface area contributed by atoms with Gasteiger partial charge in [0.2, 0.25) is 5.91 Å². The van der Waals surface area contributed by atoms with E-state index < -0.39 is 23.8 Å². The monoisotopic (exact) mass is 310 g/mol. The molecule has 2 amide bonds. The van der Waals surface area contributed by atoms with Crippen LogP contribution in [0.2, 0.25) is 0 Å². The Morgan fingerprint density at radius 1 is 1.18 bits per heavy atom. The first-order valence-corrected chi connectivity index (χ1v) is 6.42. The molecule has 0 bridgehead atoms. The minimum Gasteiger partial charge on any atom is -0.497 e. The standard InChI is InChI=1S/C14H18N2O6/c1-21-9-5-8(6-10(7-9)22-2)13(18)16-11(14(19)20)3-4-12(15)17/h5-7,11H,3-4H2,1-2H3,(H2,15,17)(H,16,18)(H,19,20). The zero-order chi connectivity index (χ0) is 16.7. The van der Waals surface area contributed by atoms with Crippen molar-refractivity contribution in [2.75, 3.05) is 14.2 Å². The Kier molecular flexibility index (Phi) is 6.18. The van der Waals surface area contributed by atoms with E-state index in [4.69, 9.17) is 20.3 Å². The summed E-state index contributed by atoms with van der Waals surface area (Å²) < 4.78 is 10.1. The molecule has 0 radical (unpaired) electrons. The number of nitrogens with two attached hydrogens (primary N) is 1. The highest BCUT2D eigenvalue weighted by atomic mass is 16.5. The summed E-state index contributed by atoms with van der Waals surface area (Å²) in [5.41, 5.74) is 5.16. The number of carboxylic acids is 1. The SMILES string of the molecule is COc1cc(OC)cc(C(=O)NC(CCC(N)=O)C(=O)O)c1. The Morgan fingerprint density at radius 3 is 2.14 bits per heavy atom. The van der Waals surface area contributed by atoms with Crippen LogP contribution in [0.25, 0.3) is 0 Å². The highest BCUT2D eigenvalue weighted by molar-refractivity contribution is 5.97. The van der Waals surface area contributed by atoms with Gasteiger partial charge in [0.15, 0.2) is 0 Å². The molecule has 0 aromatic heterocycles. The van der Waals surface area contributed by atoms with Crippen molar-refractivity contribution >= 4 is 17.8 Å². The molecule has 1 rings (SSSR count). The molecular formula is C14H18N2O6. The first-order valence-electron chi connectivity index (χ1n) is 6.42. The van der Waals surface area contributed by atoms with Crippen LogP contribution in [0, 0.1) is 0 Å². The maximum Gasteiger partial charge on any atom is 0.326 e. The normalized spacial score (nSPS) is 11.4. The second-order valence-electron chi connectivity index (χ2n) is 4.47. The Labute approximate surface area is 127 Å². The lowest BCUT2D eigenvalue weighted by molar-refractivity contribution is -0.139. The van der Waals surface area contributed by atoms with Gasteiger partial charge in [-0.15, -0.1) is 0 Å². The van der Waals surface area contributed by atoms with Crippen LogP contribution < -0.4 is 20.5 Å². The molecule has 1 aromatic rings. The number of carbonyl (C=O) groups excluding carboxylic acids is 2. The number of nitrogens with one attached hydrogen (secondary N) is 1. The molecule has 120 valence electrons. The summed E-state index contributed by atoms with van der Waals surface area (Å²) in [6, 6.07) is 3.27. The third-order valence-corrected chi connectivity index (χ3v) is 2.90. The lowest BCUT2D eigenvalue weighted by atomic mass is 10.1. The molecule has 0 saturated heterocycles. The van der Waals surface area contributed by atoms with E-state index in [1.165, 1.54) is 26.4 Å². The summed E-state index contributed by atoms with van der Waals surface area (Å²) in [6.45, 7) is 0. The van der Waals surface area contributed by atoms with Crippen molar-refractivity contribution in [3.8, 4) is 11.5 Å². The fourth-order valence-electron chi connectivity index (χ4n) is 1.72. The van der Waals surface area contributed by atoms with E-state index in [1.54, 1.807) is 6.07 Å². The molecule has 0 heterocycles. The van der Waals surface area contributed by atoms with Crippen LogP contribution in [-0.2, 0) is 9.59 Å². The van der Waals surface area contributed by atoms with Crippen molar-refractivity contribution in [1.82, 2.24) is 5.32 Å². The number of ether oxygens (including phenoxy) is 2. The zero-order valence-electron chi connectivity index (χ0n) is 12.3. The zero-order valence-corrected chi connectivity index (χ0v) is 12.3. The Bertz CT molecular complexity index is 550. The van der Waals surface area contributed by atoms with E-state index in [-0.39, 0.29) is 18.4 Å². The molecular weight excluding hydrogens is 292 g/mol. The predicted molar refractivity (Wildman–Crippen MR) is 76.9 cm³/mol. The van der Waals surface area contributed by atoms with E-state index in [2.05, 4.69) is 5.32 Å².